The number of ether oxygens (including phenoxy) is 1. The molecule has 0 radical (unpaired) electrons. The molecule has 0 aliphatic carbocycles. The van der Waals surface area contributed by atoms with Crippen LogP contribution in [0.5, 0.6) is 5.75 Å². The summed E-state index contributed by atoms with van der Waals surface area (Å²) in [6.07, 6.45) is -2.19. The number of methoxy groups -OCH3 is 1. The van der Waals surface area contributed by atoms with E-state index in [2.05, 4.69) is 10.3 Å². The number of halogens is 3. The number of hydrogen-bond acceptors (Lipinski definition) is 3. The van der Waals surface area contributed by atoms with Gasteiger partial charge in [0.15, 0.2) is 6.04 Å². The van der Waals surface area contributed by atoms with E-state index in [0.29, 0.717) is 16.7 Å². The molecule has 1 atom stereocenters. The zero-order valence-corrected chi connectivity index (χ0v) is 14.0. The zero-order valence-electron chi connectivity index (χ0n) is 14.0. The van der Waals surface area contributed by atoms with Gasteiger partial charge in [-0.1, -0.05) is 6.07 Å². The topological polar surface area (TPSA) is 56.1 Å². The van der Waals surface area contributed by atoms with Crippen LogP contribution >= 0.6 is 0 Å². The first-order chi connectivity index (χ1) is 12.3. The quantitative estimate of drug-likeness (QED) is 0.770. The Morgan fingerprint density at radius 3 is 2.65 bits per heavy atom. The highest BCUT2D eigenvalue weighted by molar-refractivity contribution is 5.99. The Kier molecular flexibility index (Phi) is 4.58. The largest absolute Gasteiger partial charge is 0.497 e. The number of hydrogen-bond donors (Lipinski definition) is 1. The molecule has 3 aromatic rings. The summed E-state index contributed by atoms with van der Waals surface area (Å²) in [5.74, 6) is -0.229. The number of carbonyl (C=O) groups excluding carboxylic acids is 1. The van der Waals surface area contributed by atoms with Gasteiger partial charge in [-0.2, -0.15) is 13.2 Å². The molecule has 0 bridgehead atoms. The van der Waals surface area contributed by atoms with E-state index in [1.807, 2.05) is 0 Å². The number of rotatable bonds is 4. The third-order valence-electron chi connectivity index (χ3n) is 4.10. The van der Waals surface area contributed by atoms with Gasteiger partial charge in [0.25, 0.3) is 5.91 Å². The predicted octanol–water partition coefficient (Wildman–Crippen LogP) is 3.62. The molecule has 5 nitrogen and oxygen atoms in total. The van der Waals surface area contributed by atoms with Gasteiger partial charge in [0.05, 0.1) is 7.11 Å². The zero-order chi connectivity index (χ0) is 18.9. The van der Waals surface area contributed by atoms with E-state index in [1.54, 1.807) is 29.8 Å². The average Bonchev–Trinajstić information content (AvgIpc) is 2.95. The second kappa shape index (κ2) is 6.70. The minimum absolute atomic E-state index is 0.117. The molecule has 3 rings (SSSR count). The molecule has 26 heavy (non-hydrogen) atoms. The van der Waals surface area contributed by atoms with Crippen molar-refractivity contribution in [2.45, 2.75) is 12.2 Å². The molecular formula is C18H16F3N3O2. The van der Waals surface area contributed by atoms with Crippen LogP contribution in [0.25, 0.3) is 10.9 Å². The van der Waals surface area contributed by atoms with Gasteiger partial charge in [0, 0.05) is 35.9 Å². The molecule has 1 unspecified atom stereocenters. The first kappa shape index (κ1) is 17.8. The molecule has 0 aliphatic heterocycles. The maximum absolute atomic E-state index is 13.4. The van der Waals surface area contributed by atoms with Gasteiger partial charge < -0.3 is 14.6 Å². The first-order valence-electron chi connectivity index (χ1n) is 7.72. The van der Waals surface area contributed by atoms with Gasteiger partial charge in [-0.3, -0.25) is 9.78 Å². The van der Waals surface area contributed by atoms with E-state index in [0.717, 1.165) is 6.20 Å². The summed E-state index contributed by atoms with van der Waals surface area (Å²) in [5, 5.41) is 2.76. The Morgan fingerprint density at radius 2 is 2.04 bits per heavy atom. The van der Waals surface area contributed by atoms with E-state index >= 15 is 0 Å². The average molecular weight is 363 g/mol. The van der Waals surface area contributed by atoms with Gasteiger partial charge >= 0.3 is 6.18 Å². The van der Waals surface area contributed by atoms with Gasteiger partial charge in [-0.05, 0) is 30.3 Å². The Bertz CT molecular complexity index is 936. The van der Waals surface area contributed by atoms with E-state index < -0.39 is 18.1 Å². The van der Waals surface area contributed by atoms with Crippen LogP contribution in [-0.4, -0.2) is 28.7 Å². The standard InChI is InChI=1S/C18H16F3N3O2/c1-24-14-6-5-13(26-2)8-12(14)9-15(24)17(25)23-16(18(19,20)21)11-4-3-7-22-10-11/h3-10,16H,1-2H3,(H,23,25). The fraction of sp³-hybridized carbons (Fsp3) is 0.222. The highest BCUT2D eigenvalue weighted by atomic mass is 19.4. The lowest BCUT2D eigenvalue weighted by Gasteiger charge is -2.21. The van der Waals surface area contributed by atoms with E-state index in [-0.39, 0.29) is 11.3 Å². The molecule has 136 valence electrons. The van der Waals surface area contributed by atoms with Crippen molar-refractivity contribution < 1.29 is 22.7 Å². The van der Waals surface area contributed by atoms with Gasteiger partial charge in [0.1, 0.15) is 11.4 Å². The fourth-order valence-corrected chi connectivity index (χ4v) is 2.78. The minimum atomic E-state index is -4.65. The second-order valence-corrected chi connectivity index (χ2v) is 5.75. The monoisotopic (exact) mass is 363 g/mol. The third kappa shape index (κ3) is 3.35. The summed E-state index contributed by atoms with van der Waals surface area (Å²) in [7, 11) is 3.13. The highest BCUT2D eigenvalue weighted by Crippen LogP contribution is 2.33. The molecule has 8 heteroatoms. The van der Waals surface area contributed by atoms with Gasteiger partial charge in [-0.25, -0.2) is 0 Å². The second-order valence-electron chi connectivity index (χ2n) is 5.75. The van der Waals surface area contributed by atoms with Crippen LogP contribution in [0, 0.1) is 0 Å². The molecule has 0 saturated carbocycles. The van der Waals surface area contributed by atoms with E-state index in [9.17, 15) is 18.0 Å². The van der Waals surface area contributed by atoms with Crippen molar-refractivity contribution in [3.8, 4) is 5.75 Å². The molecule has 0 saturated heterocycles. The Labute approximate surface area is 147 Å². The molecule has 0 aliphatic rings. The third-order valence-corrected chi connectivity index (χ3v) is 4.10. The fourth-order valence-electron chi connectivity index (χ4n) is 2.78. The summed E-state index contributed by atoms with van der Waals surface area (Å²) < 4.78 is 46.9. The van der Waals surface area contributed by atoms with Crippen molar-refractivity contribution in [1.82, 2.24) is 14.9 Å². The van der Waals surface area contributed by atoms with Crippen LogP contribution in [-0.2, 0) is 7.05 Å². The van der Waals surface area contributed by atoms with Crippen molar-refractivity contribution in [2.24, 2.45) is 7.05 Å². The maximum Gasteiger partial charge on any atom is 0.412 e. The predicted molar refractivity (Wildman–Crippen MR) is 90.0 cm³/mol. The van der Waals surface area contributed by atoms with Crippen molar-refractivity contribution in [2.75, 3.05) is 7.11 Å². The normalized spacial score (nSPS) is 12.8. The molecule has 1 aromatic carbocycles. The van der Waals surface area contributed by atoms with Crippen LogP contribution in [0.2, 0.25) is 0 Å². The number of benzene rings is 1. The van der Waals surface area contributed by atoms with Crippen molar-refractivity contribution >= 4 is 16.8 Å². The molecule has 2 heterocycles. The Morgan fingerprint density at radius 1 is 1.27 bits per heavy atom. The Balaban J connectivity index is 1.95. The number of pyridine rings is 1. The highest BCUT2D eigenvalue weighted by Gasteiger charge is 2.42. The summed E-state index contributed by atoms with van der Waals surface area (Å²) >= 11 is 0. The number of nitrogens with zero attached hydrogens (tertiary/aromatic N) is 2. The number of aromatic nitrogens is 2. The number of alkyl halides is 3. The number of amides is 1. The summed E-state index contributed by atoms with van der Waals surface area (Å²) in [4.78, 5) is 16.2. The smallest absolute Gasteiger partial charge is 0.412 e. The van der Waals surface area contributed by atoms with E-state index in [1.165, 1.54) is 31.5 Å². The van der Waals surface area contributed by atoms with Crippen molar-refractivity contribution in [3.05, 3.63) is 60.0 Å². The summed E-state index contributed by atoms with van der Waals surface area (Å²) in [5.41, 5.74) is 0.695. The maximum atomic E-state index is 13.4. The van der Waals surface area contributed by atoms with Crippen molar-refractivity contribution in [3.63, 3.8) is 0 Å². The molecule has 1 amide bonds. The summed E-state index contributed by atoms with van der Waals surface area (Å²) in [6.45, 7) is 0. The van der Waals surface area contributed by atoms with Crippen molar-refractivity contribution in [1.29, 1.82) is 0 Å². The lowest BCUT2D eigenvalue weighted by molar-refractivity contribution is -0.155. The SMILES string of the molecule is COc1ccc2c(c1)cc(C(=O)NC(c1cccnc1)C(F)(F)F)n2C. The lowest BCUT2D eigenvalue weighted by Crippen LogP contribution is -2.38. The van der Waals surface area contributed by atoms with Gasteiger partial charge in [-0.15, -0.1) is 0 Å². The molecule has 1 N–H and O–H groups in total. The molecule has 2 aromatic heterocycles. The molecule has 0 spiro atoms. The number of carbonyl (C=O) groups is 1. The van der Waals surface area contributed by atoms with Crippen LogP contribution in [0.1, 0.15) is 22.1 Å². The minimum Gasteiger partial charge on any atom is -0.497 e. The van der Waals surface area contributed by atoms with E-state index in [4.69, 9.17) is 4.74 Å². The van der Waals surface area contributed by atoms with Crippen LogP contribution in [0.4, 0.5) is 13.2 Å². The van der Waals surface area contributed by atoms with Crippen LogP contribution < -0.4 is 10.1 Å². The first-order valence-corrected chi connectivity index (χ1v) is 7.72. The Hall–Kier alpha value is -3.03. The lowest BCUT2D eigenvalue weighted by atomic mass is 10.1. The molecular weight excluding hydrogens is 347 g/mol. The van der Waals surface area contributed by atoms with Gasteiger partial charge in [0.2, 0.25) is 0 Å². The number of fused-ring (bicyclic) bond motifs is 1. The number of nitrogens with one attached hydrogen (secondary N) is 1. The molecule has 0 fully saturated rings. The number of aryl methyl sites for hydroxylation is 1. The summed E-state index contributed by atoms with van der Waals surface area (Å²) in [6, 6.07) is 7.24. The van der Waals surface area contributed by atoms with Crippen LogP contribution in [0.15, 0.2) is 48.8 Å². The van der Waals surface area contributed by atoms with Crippen LogP contribution in [0.3, 0.4) is 0 Å².